The van der Waals surface area contributed by atoms with E-state index in [1.54, 1.807) is 7.05 Å². The number of halogens is 4. The van der Waals surface area contributed by atoms with E-state index in [-0.39, 0.29) is 23.6 Å². The number of hydrogen-bond donors (Lipinski definition) is 1. The quantitative estimate of drug-likeness (QED) is 0.915. The van der Waals surface area contributed by atoms with Gasteiger partial charge in [0, 0.05) is 18.8 Å². The molecule has 1 aromatic heterocycles. The van der Waals surface area contributed by atoms with E-state index in [1.165, 1.54) is 30.6 Å². The van der Waals surface area contributed by atoms with Crippen molar-refractivity contribution in [3.05, 3.63) is 52.8 Å². The Hall–Kier alpha value is -1.79. The molecule has 1 heterocycles. The van der Waals surface area contributed by atoms with E-state index < -0.39 is 11.7 Å². The predicted molar refractivity (Wildman–Crippen MR) is 73.5 cm³/mol. The molecule has 0 atom stereocenters. The summed E-state index contributed by atoms with van der Waals surface area (Å²) in [7, 11) is 1.59. The molecule has 0 unspecified atom stereocenters. The lowest BCUT2D eigenvalue weighted by Gasteiger charge is -2.14. The molecule has 0 saturated heterocycles. The summed E-state index contributed by atoms with van der Waals surface area (Å²) in [6, 6.07) is 5.30. The number of benzene rings is 1. The summed E-state index contributed by atoms with van der Waals surface area (Å²) in [5.41, 5.74) is -0.578. The van der Waals surface area contributed by atoms with Crippen LogP contribution in [0.25, 0.3) is 0 Å². The molecule has 0 aliphatic carbocycles. The van der Waals surface area contributed by atoms with E-state index in [1.807, 2.05) is 0 Å². The fourth-order valence-electron chi connectivity index (χ4n) is 1.81. The van der Waals surface area contributed by atoms with Crippen LogP contribution in [0.4, 0.5) is 13.2 Å². The third kappa shape index (κ3) is 4.09. The van der Waals surface area contributed by atoms with Gasteiger partial charge in [-0.2, -0.15) is 13.2 Å². The molecular formula is C14H12ClF3N2O. The molecular weight excluding hydrogens is 305 g/mol. The minimum atomic E-state index is -4.45. The lowest BCUT2D eigenvalue weighted by atomic mass is 10.1. The zero-order valence-electron chi connectivity index (χ0n) is 11.0. The predicted octanol–water partition coefficient (Wildman–Crippen LogP) is 4.27. The van der Waals surface area contributed by atoms with Gasteiger partial charge in [-0.25, -0.2) is 0 Å². The Morgan fingerprint density at radius 3 is 2.57 bits per heavy atom. The van der Waals surface area contributed by atoms with Crippen molar-refractivity contribution in [1.29, 1.82) is 0 Å². The van der Waals surface area contributed by atoms with Crippen LogP contribution in [-0.2, 0) is 12.7 Å². The van der Waals surface area contributed by atoms with Gasteiger partial charge in [-0.3, -0.25) is 4.98 Å². The zero-order chi connectivity index (χ0) is 15.5. The number of nitrogens with zero attached hydrogens (tertiary/aromatic N) is 1. The van der Waals surface area contributed by atoms with Crippen LogP contribution in [0.15, 0.2) is 36.7 Å². The van der Waals surface area contributed by atoms with Crippen LogP contribution < -0.4 is 10.1 Å². The van der Waals surface area contributed by atoms with Gasteiger partial charge in [0.15, 0.2) is 0 Å². The second-order valence-corrected chi connectivity index (χ2v) is 4.72. The molecule has 112 valence electrons. The molecule has 1 aromatic carbocycles. The van der Waals surface area contributed by atoms with Crippen molar-refractivity contribution in [3.63, 3.8) is 0 Å². The molecule has 0 amide bonds. The molecule has 0 aliphatic rings. The van der Waals surface area contributed by atoms with Crippen LogP contribution in [-0.4, -0.2) is 12.0 Å². The molecule has 0 aliphatic heterocycles. The number of hydrogen-bond acceptors (Lipinski definition) is 3. The van der Waals surface area contributed by atoms with Crippen LogP contribution >= 0.6 is 11.6 Å². The van der Waals surface area contributed by atoms with E-state index >= 15 is 0 Å². The maximum absolute atomic E-state index is 13.0. The number of rotatable bonds is 4. The summed E-state index contributed by atoms with van der Waals surface area (Å²) in [4.78, 5) is 3.81. The minimum absolute atomic E-state index is 0.0752. The molecule has 3 nitrogen and oxygen atoms in total. The number of pyridine rings is 1. The van der Waals surface area contributed by atoms with Gasteiger partial charge < -0.3 is 10.1 Å². The molecule has 1 N–H and O–H groups in total. The fraction of sp³-hybridized carbons (Fsp3) is 0.214. The van der Waals surface area contributed by atoms with Gasteiger partial charge in [0.2, 0.25) is 0 Å². The summed E-state index contributed by atoms with van der Waals surface area (Å²) in [5.74, 6) is 0.350. The van der Waals surface area contributed by atoms with Crippen LogP contribution in [0.1, 0.15) is 11.1 Å². The van der Waals surface area contributed by atoms with Crippen LogP contribution in [0.3, 0.4) is 0 Å². The van der Waals surface area contributed by atoms with E-state index in [2.05, 4.69) is 10.3 Å². The van der Waals surface area contributed by atoms with E-state index in [4.69, 9.17) is 16.3 Å². The Morgan fingerprint density at radius 2 is 1.95 bits per heavy atom. The lowest BCUT2D eigenvalue weighted by Crippen LogP contribution is -2.14. The summed E-state index contributed by atoms with van der Waals surface area (Å²) in [6.45, 7) is 0.119. The van der Waals surface area contributed by atoms with Crippen LogP contribution in [0.2, 0.25) is 5.02 Å². The summed E-state index contributed by atoms with van der Waals surface area (Å²) >= 11 is 5.75. The molecule has 21 heavy (non-hydrogen) atoms. The Bertz CT molecular complexity index is 632. The first kappa shape index (κ1) is 15.6. The van der Waals surface area contributed by atoms with Crippen molar-refractivity contribution >= 4 is 11.6 Å². The summed E-state index contributed by atoms with van der Waals surface area (Å²) in [6.07, 6.45) is -1.66. The molecule has 0 bridgehead atoms. The molecule has 2 rings (SSSR count). The van der Waals surface area contributed by atoms with Crippen molar-refractivity contribution in [3.8, 4) is 11.5 Å². The Labute approximate surface area is 124 Å². The molecule has 0 saturated carbocycles. The second kappa shape index (κ2) is 6.32. The van der Waals surface area contributed by atoms with E-state index in [0.29, 0.717) is 5.02 Å². The highest BCUT2D eigenvalue weighted by Crippen LogP contribution is 2.35. The molecule has 2 aromatic rings. The average molecular weight is 317 g/mol. The Morgan fingerprint density at radius 1 is 1.19 bits per heavy atom. The molecule has 0 fully saturated rings. The van der Waals surface area contributed by atoms with Gasteiger partial charge >= 0.3 is 6.18 Å². The Balaban J connectivity index is 2.33. The standard InChI is InChI=1S/C14H12ClF3N2O/c1-19-6-9-2-3-11(5-13(9)14(16,17)18)21-12-4-10(15)7-20-8-12/h2-5,7-8,19H,6H2,1H3. The third-order valence-electron chi connectivity index (χ3n) is 2.67. The maximum atomic E-state index is 13.0. The van der Waals surface area contributed by atoms with Crippen LogP contribution in [0.5, 0.6) is 11.5 Å². The third-order valence-corrected chi connectivity index (χ3v) is 2.88. The lowest BCUT2D eigenvalue weighted by molar-refractivity contribution is -0.138. The number of aromatic nitrogens is 1. The monoisotopic (exact) mass is 316 g/mol. The van der Waals surface area contributed by atoms with Gasteiger partial charge in [0.1, 0.15) is 11.5 Å². The second-order valence-electron chi connectivity index (χ2n) is 4.29. The van der Waals surface area contributed by atoms with Crippen molar-refractivity contribution < 1.29 is 17.9 Å². The van der Waals surface area contributed by atoms with Gasteiger partial charge in [-0.05, 0) is 24.7 Å². The minimum Gasteiger partial charge on any atom is -0.456 e. The van der Waals surface area contributed by atoms with Crippen molar-refractivity contribution in [1.82, 2.24) is 10.3 Å². The van der Waals surface area contributed by atoms with Crippen LogP contribution in [0, 0.1) is 0 Å². The highest BCUT2D eigenvalue weighted by molar-refractivity contribution is 6.30. The summed E-state index contributed by atoms with van der Waals surface area (Å²) in [5, 5.41) is 3.05. The normalized spacial score (nSPS) is 11.5. The first-order valence-corrected chi connectivity index (χ1v) is 6.41. The number of nitrogens with one attached hydrogen (secondary N) is 1. The Kier molecular flexibility index (Phi) is 4.69. The topological polar surface area (TPSA) is 34.1 Å². The zero-order valence-corrected chi connectivity index (χ0v) is 11.8. The molecule has 0 spiro atoms. The highest BCUT2D eigenvalue weighted by atomic mass is 35.5. The fourth-order valence-corrected chi connectivity index (χ4v) is 1.98. The first-order valence-electron chi connectivity index (χ1n) is 6.03. The largest absolute Gasteiger partial charge is 0.456 e. The molecule has 0 radical (unpaired) electrons. The van der Waals surface area contributed by atoms with E-state index in [0.717, 1.165) is 6.07 Å². The van der Waals surface area contributed by atoms with Gasteiger partial charge in [-0.15, -0.1) is 0 Å². The molecule has 7 heteroatoms. The maximum Gasteiger partial charge on any atom is 0.416 e. The van der Waals surface area contributed by atoms with Gasteiger partial charge in [0.25, 0.3) is 0 Å². The average Bonchev–Trinajstić information content (AvgIpc) is 2.39. The van der Waals surface area contributed by atoms with E-state index in [9.17, 15) is 13.2 Å². The van der Waals surface area contributed by atoms with Crippen molar-refractivity contribution in [2.75, 3.05) is 7.05 Å². The highest BCUT2D eigenvalue weighted by Gasteiger charge is 2.33. The number of ether oxygens (including phenoxy) is 1. The SMILES string of the molecule is CNCc1ccc(Oc2cncc(Cl)c2)cc1C(F)(F)F. The van der Waals surface area contributed by atoms with Crippen molar-refractivity contribution in [2.24, 2.45) is 0 Å². The first-order chi connectivity index (χ1) is 9.90. The van der Waals surface area contributed by atoms with Crippen molar-refractivity contribution in [2.45, 2.75) is 12.7 Å². The smallest absolute Gasteiger partial charge is 0.416 e. The van der Waals surface area contributed by atoms with Gasteiger partial charge in [0.05, 0.1) is 16.8 Å². The van der Waals surface area contributed by atoms with Gasteiger partial charge in [-0.1, -0.05) is 17.7 Å². The summed E-state index contributed by atoms with van der Waals surface area (Å²) < 4.78 is 44.5. The number of alkyl halides is 3.